The van der Waals surface area contributed by atoms with Gasteiger partial charge in [-0.2, -0.15) is 0 Å². The van der Waals surface area contributed by atoms with Crippen molar-refractivity contribution in [3.8, 4) is 11.5 Å². The number of aliphatic hydroxyl groups is 1. The van der Waals surface area contributed by atoms with Crippen LogP contribution in [0.25, 0.3) is 0 Å². The summed E-state index contributed by atoms with van der Waals surface area (Å²) in [5, 5.41) is 12.1. The molecule has 0 atom stereocenters. The molecule has 0 saturated carbocycles. The summed E-state index contributed by atoms with van der Waals surface area (Å²) < 4.78 is 10.7. The van der Waals surface area contributed by atoms with E-state index in [0.29, 0.717) is 11.5 Å². The van der Waals surface area contributed by atoms with Crippen LogP contribution in [0.5, 0.6) is 11.5 Å². The summed E-state index contributed by atoms with van der Waals surface area (Å²) in [6.07, 6.45) is 0.533. The monoisotopic (exact) mass is 461 g/mol. The second-order valence-electron chi connectivity index (χ2n) is 8.18. The molecule has 0 aliphatic rings. The van der Waals surface area contributed by atoms with Gasteiger partial charge in [0.15, 0.2) is 17.3 Å². The van der Waals surface area contributed by atoms with Crippen molar-refractivity contribution < 1.29 is 24.2 Å². The van der Waals surface area contributed by atoms with Gasteiger partial charge in [0.25, 0.3) is 0 Å². The Kier molecular flexibility index (Phi) is 8.82. The van der Waals surface area contributed by atoms with Crippen molar-refractivity contribution in [3.63, 3.8) is 0 Å². The number of amides is 1. The van der Waals surface area contributed by atoms with Gasteiger partial charge < -0.3 is 19.9 Å². The van der Waals surface area contributed by atoms with Gasteiger partial charge in [0.1, 0.15) is 5.41 Å². The van der Waals surface area contributed by atoms with Gasteiger partial charge in [0, 0.05) is 13.0 Å². The number of hydrogen-bond donors (Lipinski definition) is 2. The SMILES string of the molecule is COc1ccc(CC(=O)C(Cc2ccccc2)(Cc2ccccc2)C(=O)NCCO)cc1OC. The third-order valence-corrected chi connectivity index (χ3v) is 5.88. The second kappa shape index (κ2) is 12.0. The standard InChI is InChI=1S/C28H31NO5/c1-33-24-14-13-23(17-25(24)34-2)18-26(31)28(27(32)29-15-16-30,19-21-9-5-3-6-10-21)20-22-11-7-4-8-12-22/h3-14,17,30H,15-16,18-20H2,1-2H3,(H,29,32). The number of carbonyl (C=O) groups is 2. The number of carbonyl (C=O) groups excluding carboxylic acids is 2. The Bertz CT molecular complexity index is 1040. The number of rotatable bonds is 12. The van der Waals surface area contributed by atoms with Crippen LogP contribution >= 0.6 is 0 Å². The minimum absolute atomic E-state index is 0.0482. The zero-order valence-corrected chi connectivity index (χ0v) is 19.6. The Morgan fingerprint density at radius 3 is 1.85 bits per heavy atom. The molecular formula is C28H31NO5. The van der Waals surface area contributed by atoms with Gasteiger partial charge in [-0.15, -0.1) is 0 Å². The lowest BCUT2D eigenvalue weighted by Gasteiger charge is -2.32. The van der Waals surface area contributed by atoms with Crippen molar-refractivity contribution in [2.24, 2.45) is 5.41 Å². The van der Waals surface area contributed by atoms with Crippen LogP contribution in [-0.2, 0) is 28.9 Å². The summed E-state index contributed by atoms with van der Waals surface area (Å²) in [4.78, 5) is 27.6. The third kappa shape index (κ3) is 6.02. The van der Waals surface area contributed by atoms with Gasteiger partial charge >= 0.3 is 0 Å². The number of aliphatic hydroxyl groups excluding tert-OH is 1. The minimum atomic E-state index is -1.36. The first-order valence-electron chi connectivity index (χ1n) is 11.2. The van der Waals surface area contributed by atoms with Gasteiger partial charge in [-0.05, 0) is 41.7 Å². The predicted molar refractivity (Wildman–Crippen MR) is 131 cm³/mol. The van der Waals surface area contributed by atoms with Crippen molar-refractivity contribution >= 4 is 11.7 Å². The van der Waals surface area contributed by atoms with E-state index in [4.69, 9.17) is 9.47 Å². The van der Waals surface area contributed by atoms with Gasteiger partial charge in [-0.3, -0.25) is 9.59 Å². The molecule has 0 heterocycles. The van der Waals surface area contributed by atoms with E-state index in [0.717, 1.165) is 16.7 Å². The van der Waals surface area contributed by atoms with Crippen LogP contribution in [0, 0.1) is 5.41 Å². The Labute approximate surface area is 200 Å². The number of hydrogen-bond acceptors (Lipinski definition) is 5. The fraction of sp³-hybridized carbons (Fsp3) is 0.286. The summed E-state index contributed by atoms with van der Waals surface area (Å²) in [6.45, 7) is -0.129. The van der Waals surface area contributed by atoms with Crippen LogP contribution in [0.2, 0.25) is 0 Å². The fourth-order valence-electron chi connectivity index (χ4n) is 4.12. The van der Waals surface area contributed by atoms with E-state index < -0.39 is 5.41 Å². The highest BCUT2D eigenvalue weighted by Crippen LogP contribution is 2.33. The summed E-state index contributed by atoms with van der Waals surface area (Å²) in [5.41, 5.74) is 1.14. The van der Waals surface area contributed by atoms with E-state index in [1.807, 2.05) is 60.7 Å². The largest absolute Gasteiger partial charge is 0.493 e. The zero-order chi connectivity index (χ0) is 24.4. The van der Waals surface area contributed by atoms with E-state index >= 15 is 0 Å². The van der Waals surface area contributed by atoms with Crippen molar-refractivity contribution in [1.29, 1.82) is 0 Å². The zero-order valence-electron chi connectivity index (χ0n) is 19.6. The van der Waals surface area contributed by atoms with Crippen molar-refractivity contribution in [2.75, 3.05) is 27.4 Å². The second-order valence-corrected chi connectivity index (χ2v) is 8.18. The maximum absolute atomic E-state index is 14.0. The quantitative estimate of drug-likeness (QED) is 0.404. The number of benzene rings is 3. The third-order valence-electron chi connectivity index (χ3n) is 5.88. The lowest BCUT2D eigenvalue weighted by Crippen LogP contribution is -2.51. The molecule has 6 heteroatoms. The highest BCUT2D eigenvalue weighted by Gasteiger charge is 2.45. The molecule has 178 valence electrons. The van der Waals surface area contributed by atoms with Crippen LogP contribution in [-0.4, -0.2) is 44.2 Å². The molecule has 34 heavy (non-hydrogen) atoms. The number of ketones is 1. The lowest BCUT2D eigenvalue weighted by atomic mass is 9.71. The molecule has 3 aromatic carbocycles. The summed E-state index contributed by atoms with van der Waals surface area (Å²) in [7, 11) is 3.10. The Morgan fingerprint density at radius 1 is 0.794 bits per heavy atom. The van der Waals surface area contributed by atoms with Crippen molar-refractivity contribution in [3.05, 3.63) is 95.6 Å². The Morgan fingerprint density at radius 2 is 1.35 bits per heavy atom. The topological polar surface area (TPSA) is 84.9 Å². The summed E-state index contributed by atoms with van der Waals surface area (Å²) in [5.74, 6) is 0.496. The number of ether oxygens (including phenoxy) is 2. The number of Topliss-reactive ketones (excluding diaryl/α,β-unsaturated/α-hetero) is 1. The van der Waals surface area contributed by atoms with E-state index in [2.05, 4.69) is 5.32 Å². The number of methoxy groups -OCH3 is 2. The van der Waals surface area contributed by atoms with Crippen LogP contribution in [0.1, 0.15) is 16.7 Å². The van der Waals surface area contributed by atoms with Crippen LogP contribution in [0.4, 0.5) is 0 Å². The fourth-order valence-corrected chi connectivity index (χ4v) is 4.12. The van der Waals surface area contributed by atoms with Crippen LogP contribution in [0.15, 0.2) is 78.9 Å². The van der Waals surface area contributed by atoms with Gasteiger partial charge in [-0.25, -0.2) is 0 Å². The summed E-state index contributed by atoms with van der Waals surface area (Å²) >= 11 is 0. The molecule has 0 radical (unpaired) electrons. The average Bonchev–Trinajstić information content (AvgIpc) is 2.87. The molecule has 6 nitrogen and oxygen atoms in total. The van der Waals surface area contributed by atoms with E-state index in [9.17, 15) is 14.7 Å². The molecule has 0 bridgehead atoms. The van der Waals surface area contributed by atoms with Gasteiger partial charge in [0.2, 0.25) is 5.91 Å². The molecule has 0 fully saturated rings. The maximum Gasteiger partial charge on any atom is 0.234 e. The molecule has 0 saturated heterocycles. The van der Waals surface area contributed by atoms with E-state index in [1.54, 1.807) is 32.4 Å². The molecule has 0 aliphatic heterocycles. The highest BCUT2D eigenvalue weighted by atomic mass is 16.5. The number of nitrogens with one attached hydrogen (secondary N) is 1. The first-order valence-corrected chi connectivity index (χ1v) is 11.2. The molecule has 2 N–H and O–H groups in total. The smallest absolute Gasteiger partial charge is 0.234 e. The predicted octanol–water partition coefficient (Wildman–Crippen LogP) is 3.40. The van der Waals surface area contributed by atoms with Crippen molar-refractivity contribution in [1.82, 2.24) is 5.32 Å². The van der Waals surface area contributed by atoms with Crippen LogP contribution < -0.4 is 14.8 Å². The van der Waals surface area contributed by atoms with Crippen LogP contribution in [0.3, 0.4) is 0 Å². The summed E-state index contributed by atoms with van der Waals surface area (Å²) in [6, 6.07) is 24.4. The minimum Gasteiger partial charge on any atom is -0.493 e. The molecule has 3 rings (SSSR count). The Balaban J connectivity index is 2.04. The molecule has 0 aliphatic carbocycles. The molecule has 0 unspecified atom stereocenters. The molecule has 0 aromatic heterocycles. The average molecular weight is 462 g/mol. The molecule has 0 spiro atoms. The molecule has 3 aromatic rings. The Hall–Kier alpha value is -3.64. The first-order chi connectivity index (χ1) is 16.5. The van der Waals surface area contributed by atoms with Gasteiger partial charge in [-0.1, -0.05) is 66.7 Å². The van der Waals surface area contributed by atoms with Gasteiger partial charge in [0.05, 0.1) is 20.8 Å². The normalized spacial score (nSPS) is 11.0. The van der Waals surface area contributed by atoms with E-state index in [-0.39, 0.29) is 44.1 Å². The maximum atomic E-state index is 14.0. The van der Waals surface area contributed by atoms with Crippen molar-refractivity contribution in [2.45, 2.75) is 19.3 Å². The highest BCUT2D eigenvalue weighted by molar-refractivity contribution is 6.07. The lowest BCUT2D eigenvalue weighted by molar-refractivity contribution is -0.142. The first kappa shape index (κ1) is 25.0. The molecule has 1 amide bonds. The van der Waals surface area contributed by atoms with E-state index in [1.165, 1.54) is 0 Å². The molecular weight excluding hydrogens is 430 g/mol.